The molecule has 120 valence electrons. The molecule has 2 unspecified atom stereocenters. The molecule has 23 heavy (non-hydrogen) atoms. The monoisotopic (exact) mass is 335 g/mol. The molecule has 0 amide bonds. The number of carboxylic acids is 1. The van der Waals surface area contributed by atoms with E-state index in [0.29, 0.717) is 22.3 Å². The predicted molar refractivity (Wildman–Crippen MR) is 84.3 cm³/mol. The first-order chi connectivity index (χ1) is 11.0. The van der Waals surface area contributed by atoms with Crippen LogP contribution in [0.4, 0.5) is 5.69 Å². The first-order valence-electron chi connectivity index (χ1n) is 6.90. The zero-order valence-corrected chi connectivity index (χ0v) is 12.9. The number of hydrogen-bond donors (Lipinski definition) is 2. The van der Waals surface area contributed by atoms with Gasteiger partial charge in [-0.2, -0.15) is 0 Å². The van der Waals surface area contributed by atoms with Crippen LogP contribution in [0.15, 0.2) is 42.5 Å². The Labute approximate surface area is 137 Å². The molecule has 2 atom stereocenters. The second-order valence-electron chi connectivity index (χ2n) is 4.92. The highest BCUT2D eigenvalue weighted by Crippen LogP contribution is 2.34. The highest BCUT2D eigenvalue weighted by molar-refractivity contribution is 6.30. The third-order valence-electron chi connectivity index (χ3n) is 3.18. The zero-order chi connectivity index (χ0) is 16.4. The van der Waals surface area contributed by atoms with Crippen molar-refractivity contribution in [2.24, 2.45) is 0 Å². The summed E-state index contributed by atoms with van der Waals surface area (Å²) in [7, 11) is 0. The lowest BCUT2D eigenvalue weighted by molar-refractivity contribution is -0.144. The Morgan fingerprint density at radius 3 is 2.65 bits per heavy atom. The Bertz CT molecular complexity index is 719. The second kappa shape index (κ2) is 6.26. The van der Waals surface area contributed by atoms with Crippen molar-refractivity contribution >= 4 is 23.3 Å². The van der Waals surface area contributed by atoms with Crippen LogP contribution in [-0.4, -0.2) is 23.6 Å². The standard InChI is InChI=1S/C16H14ClNO5/c1-9(15(19)20)21-11-3-5-12(6-4-11)22-16-18-13-7-2-10(17)8-14(13)23-16/h2-9,16,18H,1H3,(H,19,20). The molecular weight excluding hydrogens is 322 g/mol. The van der Waals surface area contributed by atoms with Crippen LogP contribution in [-0.2, 0) is 4.79 Å². The molecule has 0 aromatic heterocycles. The van der Waals surface area contributed by atoms with Crippen molar-refractivity contribution in [1.82, 2.24) is 0 Å². The van der Waals surface area contributed by atoms with Crippen LogP contribution >= 0.6 is 11.6 Å². The first kappa shape index (κ1) is 15.3. The largest absolute Gasteiger partial charge is 0.479 e. The Balaban J connectivity index is 1.60. The molecule has 1 aliphatic heterocycles. The number of carbonyl (C=O) groups is 1. The van der Waals surface area contributed by atoms with Gasteiger partial charge in [-0.15, -0.1) is 0 Å². The molecular formula is C16H14ClNO5. The van der Waals surface area contributed by atoms with E-state index in [9.17, 15) is 4.79 Å². The van der Waals surface area contributed by atoms with E-state index in [1.165, 1.54) is 6.92 Å². The van der Waals surface area contributed by atoms with Gasteiger partial charge in [-0.3, -0.25) is 0 Å². The Morgan fingerprint density at radius 1 is 1.26 bits per heavy atom. The fourth-order valence-electron chi connectivity index (χ4n) is 2.01. The fraction of sp³-hybridized carbons (Fsp3) is 0.188. The van der Waals surface area contributed by atoms with Gasteiger partial charge in [0.1, 0.15) is 11.5 Å². The van der Waals surface area contributed by atoms with Gasteiger partial charge in [0.15, 0.2) is 11.9 Å². The summed E-state index contributed by atoms with van der Waals surface area (Å²) in [5.74, 6) is 0.599. The minimum atomic E-state index is -1.02. The van der Waals surface area contributed by atoms with E-state index in [1.807, 2.05) is 6.07 Å². The molecule has 0 spiro atoms. The maximum absolute atomic E-state index is 10.7. The van der Waals surface area contributed by atoms with Crippen LogP contribution in [0.2, 0.25) is 5.02 Å². The number of halogens is 1. The van der Waals surface area contributed by atoms with Crippen molar-refractivity contribution < 1.29 is 24.1 Å². The Hall–Kier alpha value is -2.60. The Morgan fingerprint density at radius 2 is 1.96 bits per heavy atom. The molecule has 6 nitrogen and oxygen atoms in total. The molecule has 2 N–H and O–H groups in total. The molecule has 0 fully saturated rings. The molecule has 2 aromatic rings. The van der Waals surface area contributed by atoms with Crippen LogP contribution in [0.5, 0.6) is 17.2 Å². The normalized spacial score (nSPS) is 16.7. The van der Waals surface area contributed by atoms with E-state index in [1.54, 1.807) is 36.4 Å². The van der Waals surface area contributed by atoms with Crippen LogP contribution in [0.1, 0.15) is 6.92 Å². The molecule has 7 heteroatoms. The van der Waals surface area contributed by atoms with Gasteiger partial charge in [0.2, 0.25) is 0 Å². The van der Waals surface area contributed by atoms with Gasteiger partial charge in [-0.05, 0) is 43.3 Å². The third kappa shape index (κ3) is 3.60. The average Bonchev–Trinajstić information content (AvgIpc) is 2.90. The molecule has 3 rings (SSSR count). The zero-order valence-electron chi connectivity index (χ0n) is 12.2. The molecule has 0 saturated heterocycles. The van der Waals surface area contributed by atoms with Crippen LogP contribution < -0.4 is 19.5 Å². The van der Waals surface area contributed by atoms with E-state index in [0.717, 1.165) is 5.69 Å². The van der Waals surface area contributed by atoms with E-state index < -0.39 is 18.5 Å². The van der Waals surface area contributed by atoms with Gasteiger partial charge in [-0.25, -0.2) is 4.79 Å². The highest BCUT2D eigenvalue weighted by Gasteiger charge is 2.23. The number of benzene rings is 2. The molecule has 1 aliphatic rings. The molecule has 1 heterocycles. The summed E-state index contributed by atoms with van der Waals surface area (Å²) in [6.45, 7) is 1.46. The number of hydrogen-bond acceptors (Lipinski definition) is 5. The van der Waals surface area contributed by atoms with Crippen LogP contribution in [0.3, 0.4) is 0 Å². The summed E-state index contributed by atoms with van der Waals surface area (Å²) < 4.78 is 16.5. The van der Waals surface area contributed by atoms with Crippen molar-refractivity contribution in [2.75, 3.05) is 5.32 Å². The third-order valence-corrected chi connectivity index (χ3v) is 3.41. The molecule has 0 radical (unpaired) electrons. The topological polar surface area (TPSA) is 77.0 Å². The van der Waals surface area contributed by atoms with Crippen LogP contribution in [0.25, 0.3) is 0 Å². The van der Waals surface area contributed by atoms with Gasteiger partial charge in [0.05, 0.1) is 5.69 Å². The summed E-state index contributed by atoms with van der Waals surface area (Å²) in [6.07, 6.45) is -1.57. The fourth-order valence-corrected chi connectivity index (χ4v) is 2.18. The second-order valence-corrected chi connectivity index (χ2v) is 5.36. The van der Waals surface area contributed by atoms with E-state index in [4.69, 9.17) is 30.9 Å². The summed E-state index contributed by atoms with van der Waals surface area (Å²) in [6, 6.07) is 11.9. The number of carboxylic acid groups (broad SMARTS) is 1. The van der Waals surface area contributed by atoms with E-state index in [2.05, 4.69) is 5.32 Å². The van der Waals surface area contributed by atoms with Gasteiger partial charge in [0.25, 0.3) is 0 Å². The summed E-state index contributed by atoms with van der Waals surface area (Å²) in [5, 5.41) is 12.5. The average molecular weight is 336 g/mol. The van der Waals surface area contributed by atoms with E-state index in [-0.39, 0.29) is 0 Å². The minimum Gasteiger partial charge on any atom is -0.479 e. The summed E-state index contributed by atoms with van der Waals surface area (Å²) in [4.78, 5) is 10.7. The smallest absolute Gasteiger partial charge is 0.344 e. The summed E-state index contributed by atoms with van der Waals surface area (Å²) in [5.41, 5.74) is 0.801. The van der Waals surface area contributed by atoms with E-state index >= 15 is 0 Å². The molecule has 0 saturated carbocycles. The number of ether oxygens (including phenoxy) is 3. The summed E-state index contributed by atoms with van der Waals surface area (Å²) >= 11 is 5.91. The quantitative estimate of drug-likeness (QED) is 0.872. The van der Waals surface area contributed by atoms with Gasteiger partial charge < -0.3 is 24.6 Å². The maximum atomic E-state index is 10.7. The number of rotatable bonds is 5. The van der Waals surface area contributed by atoms with Crippen LogP contribution in [0, 0.1) is 0 Å². The van der Waals surface area contributed by atoms with Crippen molar-refractivity contribution in [3.8, 4) is 17.2 Å². The SMILES string of the molecule is CC(Oc1ccc(OC2Nc3ccc(Cl)cc3O2)cc1)C(=O)O. The number of nitrogens with one attached hydrogen (secondary N) is 1. The van der Waals surface area contributed by atoms with Crippen molar-refractivity contribution in [2.45, 2.75) is 19.4 Å². The number of fused-ring (bicyclic) bond motifs is 1. The molecule has 2 aromatic carbocycles. The lowest BCUT2D eigenvalue weighted by atomic mass is 10.3. The van der Waals surface area contributed by atoms with Crippen molar-refractivity contribution in [3.05, 3.63) is 47.5 Å². The lowest BCUT2D eigenvalue weighted by Crippen LogP contribution is -2.27. The number of anilines is 1. The molecule has 0 bridgehead atoms. The molecule has 0 aliphatic carbocycles. The Kier molecular flexibility index (Phi) is 4.16. The predicted octanol–water partition coefficient (Wildman–Crippen LogP) is 3.36. The lowest BCUT2D eigenvalue weighted by Gasteiger charge is -2.14. The van der Waals surface area contributed by atoms with Crippen molar-refractivity contribution in [1.29, 1.82) is 0 Å². The highest BCUT2D eigenvalue weighted by atomic mass is 35.5. The minimum absolute atomic E-state index is 0.447. The number of aliphatic carboxylic acids is 1. The first-order valence-corrected chi connectivity index (χ1v) is 7.28. The van der Waals surface area contributed by atoms with Crippen molar-refractivity contribution in [3.63, 3.8) is 0 Å². The maximum Gasteiger partial charge on any atom is 0.344 e. The van der Waals surface area contributed by atoms with Gasteiger partial charge in [-0.1, -0.05) is 11.6 Å². The van der Waals surface area contributed by atoms with Gasteiger partial charge >= 0.3 is 12.4 Å². The van der Waals surface area contributed by atoms with Gasteiger partial charge in [0, 0.05) is 11.1 Å².